The van der Waals surface area contributed by atoms with Crippen LogP contribution in [-0.2, 0) is 14.3 Å². The molecule has 5 nitrogen and oxygen atoms in total. The SMILES string of the molecule is CCCCCCCCC=CCCCCCCCCOCCC(NC(=O)CCCN(CC)CC)OCCCCCCCCC=CCCCCCCCC. The zero-order valence-corrected chi connectivity index (χ0v) is 35.7. The third-order valence-corrected chi connectivity index (χ3v) is 10.4. The van der Waals surface area contributed by atoms with Crippen LogP contribution in [0, 0.1) is 0 Å². The molecule has 52 heavy (non-hydrogen) atoms. The molecule has 1 amide bonds. The second-order valence-corrected chi connectivity index (χ2v) is 15.3. The van der Waals surface area contributed by atoms with Gasteiger partial charge in [-0.1, -0.05) is 168 Å². The van der Waals surface area contributed by atoms with Gasteiger partial charge in [0.25, 0.3) is 0 Å². The quantitative estimate of drug-likeness (QED) is 0.0385. The van der Waals surface area contributed by atoms with Crippen LogP contribution in [0.15, 0.2) is 24.3 Å². The Balaban J connectivity index is 4.01. The summed E-state index contributed by atoms with van der Waals surface area (Å²) in [5, 5.41) is 3.17. The van der Waals surface area contributed by atoms with Crippen LogP contribution in [0.3, 0.4) is 0 Å². The number of carbonyl (C=O) groups excluding carboxylic acids is 1. The van der Waals surface area contributed by atoms with Crippen molar-refractivity contribution in [2.75, 3.05) is 39.5 Å². The first kappa shape index (κ1) is 50.8. The van der Waals surface area contributed by atoms with Crippen molar-refractivity contribution in [2.24, 2.45) is 0 Å². The van der Waals surface area contributed by atoms with Gasteiger partial charge in [0.15, 0.2) is 0 Å². The summed E-state index contributed by atoms with van der Waals surface area (Å²) in [5.74, 6) is 0.103. The maximum absolute atomic E-state index is 12.7. The summed E-state index contributed by atoms with van der Waals surface area (Å²) < 4.78 is 12.2. The molecule has 0 radical (unpaired) electrons. The minimum absolute atomic E-state index is 0.103. The lowest BCUT2D eigenvalue weighted by Gasteiger charge is -2.21. The molecule has 0 saturated carbocycles. The van der Waals surface area contributed by atoms with Gasteiger partial charge in [0.2, 0.25) is 5.91 Å². The van der Waals surface area contributed by atoms with Crippen LogP contribution in [0.2, 0.25) is 0 Å². The summed E-state index contributed by atoms with van der Waals surface area (Å²) in [6.45, 7) is 14.1. The molecule has 0 heterocycles. The van der Waals surface area contributed by atoms with E-state index in [0.717, 1.165) is 51.9 Å². The van der Waals surface area contributed by atoms with Crippen molar-refractivity contribution in [2.45, 2.75) is 233 Å². The number of rotatable bonds is 43. The highest BCUT2D eigenvalue weighted by Crippen LogP contribution is 2.12. The summed E-state index contributed by atoms with van der Waals surface area (Å²) in [7, 11) is 0. The molecule has 0 aliphatic rings. The van der Waals surface area contributed by atoms with Gasteiger partial charge in [0.1, 0.15) is 6.23 Å². The molecule has 0 spiro atoms. The summed E-state index contributed by atoms with van der Waals surface area (Å²) in [6, 6.07) is 0. The maximum atomic E-state index is 12.7. The molecule has 0 aromatic carbocycles. The van der Waals surface area contributed by atoms with Crippen LogP contribution < -0.4 is 5.32 Å². The Morgan fingerprint density at radius 3 is 1.35 bits per heavy atom. The van der Waals surface area contributed by atoms with Crippen LogP contribution in [0.4, 0.5) is 0 Å². The predicted molar refractivity (Wildman–Crippen MR) is 229 cm³/mol. The Bertz CT molecular complexity index is 751. The highest BCUT2D eigenvalue weighted by molar-refractivity contribution is 5.76. The fourth-order valence-electron chi connectivity index (χ4n) is 6.77. The van der Waals surface area contributed by atoms with Gasteiger partial charge < -0.3 is 19.7 Å². The molecule has 0 rings (SSSR count). The van der Waals surface area contributed by atoms with Crippen molar-refractivity contribution in [3.8, 4) is 0 Å². The van der Waals surface area contributed by atoms with Gasteiger partial charge in [-0.05, 0) is 90.3 Å². The third-order valence-electron chi connectivity index (χ3n) is 10.4. The van der Waals surface area contributed by atoms with E-state index in [-0.39, 0.29) is 12.1 Å². The van der Waals surface area contributed by atoms with Crippen LogP contribution in [0.1, 0.15) is 227 Å². The average molecular weight is 733 g/mol. The molecule has 308 valence electrons. The number of hydrogen-bond donors (Lipinski definition) is 1. The molecule has 5 heteroatoms. The van der Waals surface area contributed by atoms with E-state index in [1.165, 1.54) is 167 Å². The van der Waals surface area contributed by atoms with Crippen molar-refractivity contribution in [3.05, 3.63) is 24.3 Å². The van der Waals surface area contributed by atoms with Gasteiger partial charge in [0, 0.05) is 26.1 Å². The molecular formula is C47H92N2O3. The van der Waals surface area contributed by atoms with E-state index in [9.17, 15) is 4.79 Å². The van der Waals surface area contributed by atoms with Crippen molar-refractivity contribution >= 4 is 5.91 Å². The van der Waals surface area contributed by atoms with Crippen LogP contribution in [0.5, 0.6) is 0 Å². The number of nitrogens with one attached hydrogen (secondary N) is 1. The minimum Gasteiger partial charge on any atom is -0.381 e. The number of nitrogens with zero attached hydrogens (tertiary/aromatic N) is 1. The third kappa shape index (κ3) is 40.0. The topological polar surface area (TPSA) is 50.8 Å². The van der Waals surface area contributed by atoms with E-state index < -0.39 is 0 Å². The molecule has 0 fully saturated rings. The zero-order chi connectivity index (χ0) is 37.8. The van der Waals surface area contributed by atoms with Crippen LogP contribution >= 0.6 is 0 Å². The smallest absolute Gasteiger partial charge is 0.222 e. The van der Waals surface area contributed by atoms with Gasteiger partial charge >= 0.3 is 0 Å². The number of amides is 1. The molecule has 0 saturated heterocycles. The van der Waals surface area contributed by atoms with Gasteiger partial charge in [0.05, 0.1) is 6.61 Å². The van der Waals surface area contributed by atoms with Crippen molar-refractivity contribution in [3.63, 3.8) is 0 Å². The number of unbranched alkanes of at least 4 members (excludes halogenated alkanes) is 24. The fraction of sp³-hybridized carbons (Fsp3) is 0.894. The first-order chi connectivity index (χ1) is 25.7. The lowest BCUT2D eigenvalue weighted by Crippen LogP contribution is -2.38. The number of ether oxygens (including phenoxy) is 2. The second kappa shape index (κ2) is 44.2. The summed E-state index contributed by atoms with van der Waals surface area (Å²) in [6.07, 6.45) is 48.3. The Morgan fingerprint density at radius 1 is 0.500 bits per heavy atom. The van der Waals surface area contributed by atoms with Gasteiger partial charge in [-0.15, -0.1) is 0 Å². The summed E-state index contributed by atoms with van der Waals surface area (Å²) in [4.78, 5) is 15.1. The Labute approximate surface area is 326 Å². The Morgan fingerprint density at radius 2 is 0.904 bits per heavy atom. The molecule has 0 aromatic heterocycles. The molecule has 0 bridgehead atoms. The second-order valence-electron chi connectivity index (χ2n) is 15.3. The highest BCUT2D eigenvalue weighted by atomic mass is 16.5. The lowest BCUT2D eigenvalue weighted by molar-refractivity contribution is -0.126. The summed E-state index contributed by atoms with van der Waals surface area (Å²) in [5.41, 5.74) is 0. The number of hydrogen-bond acceptors (Lipinski definition) is 4. The Kier molecular flexibility index (Phi) is 43.2. The standard InChI is InChI=1S/C47H92N2O3/c1-5-9-11-13-15-17-19-21-23-25-27-29-31-33-35-37-43-51-45-41-47(48-46(50)40-39-42-49(7-3)8-4)52-44-38-36-34-32-30-28-26-24-22-20-18-16-14-12-10-6-2/h21-24,47H,5-20,25-45H2,1-4H3,(H,48,50). The minimum atomic E-state index is -0.246. The monoisotopic (exact) mass is 733 g/mol. The van der Waals surface area contributed by atoms with Crippen LogP contribution in [-0.4, -0.2) is 56.5 Å². The molecule has 0 aromatic rings. The largest absolute Gasteiger partial charge is 0.381 e. The fourth-order valence-corrected chi connectivity index (χ4v) is 6.77. The molecule has 0 aliphatic carbocycles. The molecule has 1 unspecified atom stereocenters. The molecule has 0 aliphatic heterocycles. The number of allylic oxidation sites excluding steroid dienone is 4. The first-order valence-electron chi connectivity index (χ1n) is 23.2. The van der Waals surface area contributed by atoms with E-state index in [2.05, 4.69) is 62.2 Å². The van der Waals surface area contributed by atoms with Gasteiger partial charge in [-0.25, -0.2) is 0 Å². The molecule has 1 N–H and O–H groups in total. The van der Waals surface area contributed by atoms with Gasteiger partial charge in [-0.2, -0.15) is 0 Å². The van der Waals surface area contributed by atoms with E-state index in [1.54, 1.807) is 0 Å². The van der Waals surface area contributed by atoms with Crippen LogP contribution in [0.25, 0.3) is 0 Å². The average Bonchev–Trinajstić information content (AvgIpc) is 3.15. The zero-order valence-electron chi connectivity index (χ0n) is 35.7. The molecular weight excluding hydrogens is 641 g/mol. The van der Waals surface area contributed by atoms with E-state index >= 15 is 0 Å². The van der Waals surface area contributed by atoms with Gasteiger partial charge in [-0.3, -0.25) is 4.79 Å². The normalized spacial score (nSPS) is 12.6. The lowest BCUT2D eigenvalue weighted by atomic mass is 10.1. The first-order valence-corrected chi connectivity index (χ1v) is 23.2. The molecule has 1 atom stereocenters. The highest BCUT2D eigenvalue weighted by Gasteiger charge is 2.13. The van der Waals surface area contributed by atoms with E-state index in [0.29, 0.717) is 19.6 Å². The number of carbonyl (C=O) groups is 1. The van der Waals surface area contributed by atoms with E-state index in [4.69, 9.17) is 9.47 Å². The van der Waals surface area contributed by atoms with Crippen molar-refractivity contribution in [1.82, 2.24) is 10.2 Å². The van der Waals surface area contributed by atoms with Crippen molar-refractivity contribution in [1.29, 1.82) is 0 Å². The van der Waals surface area contributed by atoms with Crippen molar-refractivity contribution < 1.29 is 14.3 Å². The predicted octanol–water partition coefficient (Wildman–Crippen LogP) is 14.0. The van der Waals surface area contributed by atoms with E-state index in [1.807, 2.05) is 0 Å². The maximum Gasteiger partial charge on any atom is 0.222 e. The Hall–Kier alpha value is -1.17. The summed E-state index contributed by atoms with van der Waals surface area (Å²) >= 11 is 0.